The summed E-state index contributed by atoms with van der Waals surface area (Å²) in [4.78, 5) is 27.9. The zero-order valence-corrected chi connectivity index (χ0v) is 17.3. The zero-order chi connectivity index (χ0) is 20.0. The standard InChI is InChI=1S/C22H23N3O2S/c1-5-15-6-8-16(9-7-15)25-22-20(13(3)24-25)18(11-19(26)23-22)21(27)17-10-12(2)28-14(17)4/h6-10,18H,5,11H2,1-4H3,(H,23,26)/t18-/m1/s1. The summed E-state index contributed by atoms with van der Waals surface area (Å²) < 4.78 is 1.74. The number of amides is 1. The van der Waals surface area contributed by atoms with E-state index in [1.165, 1.54) is 5.56 Å². The number of thiophene rings is 1. The minimum atomic E-state index is -0.500. The van der Waals surface area contributed by atoms with Gasteiger partial charge in [-0.3, -0.25) is 9.59 Å². The average molecular weight is 394 g/mol. The smallest absolute Gasteiger partial charge is 0.226 e. The maximum absolute atomic E-state index is 13.3. The molecule has 6 heteroatoms. The number of fused-ring (bicyclic) bond motifs is 1. The van der Waals surface area contributed by atoms with Gasteiger partial charge in [-0.05, 0) is 51.0 Å². The Bertz CT molecular complexity index is 1080. The largest absolute Gasteiger partial charge is 0.310 e. The fourth-order valence-corrected chi connectivity index (χ4v) is 4.82. The van der Waals surface area contributed by atoms with Gasteiger partial charge in [-0.15, -0.1) is 11.3 Å². The minimum Gasteiger partial charge on any atom is -0.310 e. The van der Waals surface area contributed by atoms with Gasteiger partial charge in [-0.2, -0.15) is 5.10 Å². The van der Waals surface area contributed by atoms with Gasteiger partial charge in [0.05, 0.1) is 17.3 Å². The highest BCUT2D eigenvalue weighted by Crippen LogP contribution is 2.39. The molecule has 1 aliphatic heterocycles. The van der Waals surface area contributed by atoms with Crippen LogP contribution in [0.5, 0.6) is 0 Å². The molecule has 1 atom stereocenters. The molecule has 1 aromatic carbocycles. The SMILES string of the molecule is CCc1ccc(-n2nc(C)c3c2NC(=O)C[C@H]3C(=O)c2cc(C)sc2C)cc1. The fraction of sp³-hybridized carbons (Fsp3) is 0.318. The van der Waals surface area contributed by atoms with E-state index in [1.54, 1.807) is 16.0 Å². The number of carbonyl (C=O) groups excluding carboxylic acids is 2. The van der Waals surface area contributed by atoms with Crippen molar-refractivity contribution >= 4 is 28.8 Å². The number of Topliss-reactive ketones (excluding diaryl/α,β-unsaturated/α-hetero) is 1. The molecule has 144 valence electrons. The van der Waals surface area contributed by atoms with E-state index in [9.17, 15) is 9.59 Å². The normalized spacial score (nSPS) is 16.0. The Kier molecular flexibility index (Phi) is 4.67. The van der Waals surface area contributed by atoms with Crippen molar-refractivity contribution in [3.8, 4) is 5.69 Å². The lowest BCUT2D eigenvalue weighted by Gasteiger charge is -2.23. The predicted octanol–water partition coefficient (Wildman–Crippen LogP) is 4.73. The van der Waals surface area contributed by atoms with E-state index in [0.717, 1.165) is 33.1 Å². The third-order valence-corrected chi connectivity index (χ3v) is 6.28. The van der Waals surface area contributed by atoms with Crippen molar-refractivity contribution in [3.05, 3.63) is 62.5 Å². The number of nitrogens with one attached hydrogen (secondary N) is 1. The Morgan fingerprint density at radius 2 is 1.96 bits per heavy atom. The zero-order valence-electron chi connectivity index (χ0n) is 16.5. The molecule has 2 aromatic heterocycles. The van der Waals surface area contributed by atoms with Gasteiger partial charge in [0, 0.05) is 27.3 Å². The first-order chi connectivity index (χ1) is 13.4. The van der Waals surface area contributed by atoms with Gasteiger partial charge in [0.2, 0.25) is 5.91 Å². The van der Waals surface area contributed by atoms with E-state index < -0.39 is 5.92 Å². The van der Waals surface area contributed by atoms with Crippen LogP contribution in [0.15, 0.2) is 30.3 Å². The molecule has 0 aliphatic carbocycles. The lowest BCUT2D eigenvalue weighted by molar-refractivity contribution is -0.116. The van der Waals surface area contributed by atoms with Gasteiger partial charge in [-0.25, -0.2) is 4.68 Å². The van der Waals surface area contributed by atoms with Crippen LogP contribution in [-0.4, -0.2) is 21.5 Å². The second-order valence-electron chi connectivity index (χ2n) is 7.28. The molecule has 4 rings (SSSR count). The number of aryl methyl sites for hydroxylation is 4. The molecule has 0 saturated heterocycles. The van der Waals surface area contributed by atoms with E-state index in [2.05, 4.69) is 29.5 Å². The molecule has 0 bridgehead atoms. The minimum absolute atomic E-state index is 0.00179. The Hall–Kier alpha value is -2.73. The van der Waals surface area contributed by atoms with Crippen molar-refractivity contribution in [1.82, 2.24) is 9.78 Å². The van der Waals surface area contributed by atoms with Crippen LogP contribution in [0.1, 0.15) is 56.2 Å². The van der Waals surface area contributed by atoms with E-state index in [0.29, 0.717) is 11.4 Å². The van der Waals surface area contributed by atoms with Crippen molar-refractivity contribution in [2.45, 2.75) is 46.5 Å². The van der Waals surface area contributed by atoms with Gasteiger partial charge >= 0.3 is 0 Å². The molecule has 0 spiro atoms. The van der Waals surface area contributed by atoms with Crippen molar-refractivity contribution in [3.63, 3.8) is 0 Å². The highest BCUT2D eigenvalue weighted by atomic mass is 32.1. The lowest BCUT2D eigenvalue weighted by atomic mass is 9.85. The molecule has 0 unspecified atom stereocenters. The highest BCUT2D eigenvalue weighted by molar-refractivity contribution is 7.12. The molecule has 0 saturated carbocycles. The number of benzene rings is 1. The third kappa shape index (κ3) is 3.07. The highest BCUT2D eigenvalue weighted by Gasteiger charge is 2.37. The van der Waals surface area contributed by atoms with E-state index in [4.69, 9.17) is 0 Å². The van der Waals surface area contributed by atoms with Crippen LogP contribution in [0.4, 0.5) is 5.82 Å². The number of nitrogens with zero attached hydrogens (tertiary/aromatic N) is 2. The summed E-state index contributed by atoms with van der Waals surface area (Å²) in [6.07, 6.45) is 1.12. The van der Waals surface area contributed by atoms with E-state index in [-0.39, 0.29) is 18.1 Å². The summed E-state index contributed by atoms with van der Waals surface area (Å²) in [6, 6.07) is 10.0. The topological polar surface area (TPSA) is 64.0 Å². The Labute approximate surface area is 168 Å². The van der Waals surface area contributed by atoms with Crippen LogP contribution < -0.4 is 5.32 Å². The molecule has 28 heavy (non-hydrogen) atoms. The summed E-state index contributed by atoms with van der Waals surface area (Å²) in [5.41, 5.74) is 4.43. The van der Waals surface area contributed by atoms with Crippen LogP contribution in [0.25, 0.3) is 5.69 Å². The Morgan fingerprint density at radius 3 is 2.57 bits per heavy atom. The number of ketones is 1. The summed E-state index contributed by atoms with van der Waals surface area (Å²) in [7, 11) is 0. The molecule has 1 amide bonds. The van der Waals surface area contributed by atoms with Gasteiger partial charge in [0.1, 0.15) is 5.82 Å². The van der Waals surface area contributed by atoms with Crippen molar-refractivity contribution in [2.24, 2.45) is 0 Å². The monoisotopic (exact) mass is 393 g/mol. The predicted molar refractivity (Wildman–Crippen MR) is 112 cm³/mol. The van der Waals surface area contributed by atoms with Gasteiger partial charge in [-0.1, -0.05) is 19.1 Å². The molecule has 1 aliphatic rings. The maximum atomic E-state index is 13.3. The number of carbonyl (C=O) groups is 2. The van der Waals surface area contributed by atoms with Crippen molar-refractivity contribution in [1.29, 1.82) is 0 Å². The van der Waals surface area contributed by atoms with Gasteiger partial charge in [0.25, 0.3) is 0 Å². The first-order valence-electron chi connectivity index (χ1n) is 9.49. The maximum Gasteiger partial charge on any atom is 0.226 e. The average Bonchev–Trinajstić information content (AvgIpc) is 3.19. The second kappa shape index (κ2) is 7.02. The van der Waals surface area contributed by atoms with Crippen LogP contribution in [0.3, 0.4) is 0 Å². The van der Waals surface area contributed by atoms with E-state index in [1.807, 2.05) is 39.0 Å². The van der Waals surface area contributed by atoms with Crippen molar-refractivity contribution in [2.75, 3.05) is 5.32 Å². The lowest BCUT2D eigenvalue weighted by Crippen LogP contribution is -2.28. The van der Waals surface area contributed by atoms with Crippen LogP contribution >= 0.6 is 11.3 Å². The number of aromatic nitrogens is 2. The van der Waals surface area contributed by atoms with Crippen molar-refractivity contribution < 1.29 is 9.59 Å². The van der Waals surface area contributed by atoms with Crippen LogP contribution in [0.2, 0.25) is 0 Å². The number of hydrogen-bond donors (Lipinski definition) is 1. The molecular weight excluding hydrogens is 370 g/mol. The number of anilines is 1. The molecule has 1 N–H and O–H groups in total. The quantitative estimate of drug-likeness (QED) is 0.652. The van der Waals surface area contributed by atoms with E-state index >= 15 is 0 Å². The molecule has 3 heterocycles. The number of rotatable bonds is 4. The molecule has 0 fully saturated rings. The fourth-order valence-electron chi connectivity index (χ4n) is 3.89. The summed E-state index contributed by atoms with van der Waals surface area (Å²) in [5, 5.41) is 7.60. The molecule has 5 nitrogen and oxygen atoms in total. The molecule has 0 radical (unpaired) electrons. The summed E-state index contributed by atoms with van der Waals surface area (Å²) in [6.45, 7) is 7.97. The summed E-state index contributed by atoms with van der Waals surface area (Å²) >= 11 is 1.61. The van der Waals surface area contributed by atoms with Crippen LogP contribution in [-0.2, 0) is 11.2 Å². The third-order valence-electron chi connectivity index (χ3n) is 5.31. The number of hydrogen-bond acceptors (Lipinski definition) is 4. The first-order valence-corrected chi connectivity index (χ1v) is 10.3. The summed E-state index contributed by atoms with van der Waals surface area (Å²) in [5.74, 6) is -0.0372. The van der Waals surface area contributed by atoms with Crippen LogP contribution in [0, 0.1) is 20.8 Å². The second-order valence-corrected chi connectivity index (χ2v) is 8.74. The Balaban J connectivity index is 1.80. The van der Waals surface area contributed by atoms with Gasteiger partial charge < -0.3 is 5.32 Å². The first kappa shape index (κ1) is 18.6. The Morgan fingerprint density at radius 1 is 1.25 bits per heavy atom. The molecular formula is C22H23N3O2S. The van der Waals surface area contributed by atoms with Gasteiger partial charge in [0.15, 0.2) is 5.78 Å². The molecule has 3 aromatic rings.